The first kappa shape index (κ1) is 20.8. The molecule has 0 saturated carbocycles. The lowest BCUT2D eigenvalue weighted by Crippen LogP contribution is -2.40. The van der Waals surface area contributed by atoms with E-state index in [1.165, 1.54) is 9.13 Å². The lowest BCUT2D eigenvalue weighted by Gasteiger charge is -2.33. The Labute approximate surface area is 194 Å². The Morgan fingerprint density at radius 2 is 1.75 bits per heavy atom. The summed E-state index contributed by atoms with van der Waals surface area (Å²) in [5.41, 5.74) is 1.63. The van der Waals surface area contributed by atoms with Crippen LogP contribution >= 0.6 is 23.2 Å². The fourth-order valence-corrected chi connectivity index (χ4v) is 4.60. The van der Waals surface area contributed by atoms with Crippen LogP contribution in [0.2, 0.25) is 10.0 Å². The van der Waals surface area contributed by atoms with Gasteiger partial charge < -0.3 is 9.47 Å². The number of hydrogen-bond acceptors (Lipinski definition) is 4. The molecule has 5 rings (SSSR count). The van der Waals surface area contributed by atoms with Gasteiger partial charge in [0.25, 0.3) is 5.56 Å². The molecule has 9 heteroatoms. The molecule has 0 fully saturated rings. The van der Waals surface area contributed by atoms with E-state index in [2.05, 4.69) is 11.8 Å². The van der Waals surface area contributed by atoms with Crippen molar-refractivity contribution in [3.05, 3.63) is 85.0 Å². The van der Waals surface area contributed by atoms with Crippen LogP contribution in [-0.2, 0) is 20.1 Å². The minimum atomic E-state index is -0.427. The first-order valence-electron chi connectivity index (χ1n) is 10.3. The van der Waals surface area contributed by atoms with Crippen molar-refractivity contribution >= 4 is 46.0 Å². The Morgan fingerprint density at radius 3 is 2.47 bits per heavy atom. The smallest absolute Gasteiger partial charge is 0.312 e. The molecule has 7 nitrogen and oxygen atoms in total. The van der Waals surface area contributed by atoms with Crippen LogP contribution in [0.3, 0.4) is 0 Å². The maximum atomic E-state index is 13.6. The van der Waals surface area contributed by atoms with Gasteiger partial charge in [0.05, 0.1) is 6.54 Å². The number of nitrogens with zero attached hydrogens (tertiary/aromatic N) is 5. The third-order valence-corrected chi connectivity index (χ3v) is 6.49. The van der Waals surface area contributed by atoms with E-state index < -0.39 is 5.69 Å². The number of aryl methyl sites for hydroxylation is 1. The van der Waals surface area contributed by atoms with Gasteiger partial charge in [0, 0.05) is 35.9 Å². The Bertz CT molecular complexity index is 1450. The molecule has 4 aromatic rings. The largest absolute Gasteiger partial charge is 0.332 e. The maximum Gasteiger partial charge on any atom is 0.332 e. The topological polar surface area (TPSA) is 65.1 Å². The molecule has 2 aromatic carbocycles. The molecule has 0 saturated heterocycles. The number of benzene rings is 2. The molecular weight excluding hydrogens is 449 g/mol. The maximum absolute atomic E-state index is 13.6. The van der Waals surface area contributed by atoms with Crippen molar-refractivity contribution in [3.8, 4) is 0 Å². The van der Waals surface area contributed by atoms with Crippen molar-refractivity contribution in [1.82, 2.24) is 18.7 Å². The summed E-state index contributed by atoms with van der Waals surface area (Å²) in [5.74, 6) is 0.909. The van der Waals surface area contributed by atoms with E-state index in [0.29, 0.717) is 39.3 Å². The van der Waals surface area contributed by atoms with Crippen LogP contribution in [0.25, 0.3) is 11.2 Å². The first-order valence-corrected chi connectivity index (χ1v) is 11.1. The zero-order valence-corrected chi connectivity index (χ0v) is 19.1. The highest BCUT2D eigenvalue weighted by Gasteiger charge is 2.29. The van der Waals surface area contributed by atoms with E-state index >= 15 is 0 Å². The molecule has 1 aliphatic rings. The fourth-order valence-electron chi connectivity index (χ4n) is 4.28. The van der Waals surface area contributed by atoms with Crippen molar-refractivity contribution < 1.29 is 0 Å². The number of imidazole rings is 1. The molecule has 0 N–H and O–H groups in total. The van der Waals surface area contributed by atoms with Gasteiger partial charge in [0.15, 0.2) is 11.2 Å². The molecule has 0 amide bonds. The third-order valence-electron chi connectivity index (χ3n) is 5.87. The van der Waals surface area contributed by atoms with Crippen molar-refractivity contribution in [2.75, 3.05) is 11.4 Å². The molecule has 0 aliphatic carbocycles. The third kappa shape index (κ3) is 3.32. The van der Waals surface area contributed by atoms with Gasteiger partial charge in [-0.3, -0.25) is 13.9 Å². The Hall–Kier alpha value is -3.03. The highest BCUT2D eigenvalue weighted by atomic mass is 35.5. The number of halogens is 2. The van der Waals surface area contributed by atoms with Gasteiger partial charge in [-0.05, 0) is 41.8 Å². The number of anilines is 2. The van der Waals surface area contributed by atoms with Crippen molar-refractivity contribution in [2.24, 2.45) is 13.0 Å². The van der Waals surface area contributed by atoms with Crippen LogP contribution in [0.4, 0.5) is 11.6 Å². The van der Waals surface area contributed by atoms with Crippen LogP contribution in [0, 0.1) is 5.92 Å². The number of rotatable bonds is 3. The number of fused-ring (bicyclic) bond motifs is 3. The summed E-state index contributed by atoms with van der Waals surface area (Å²) < 4.78 is 4.58. The van der Waals surface area contributed by atoms with Crippen LogP contribution < -0.4 is 16.1 Å². The van der Waals surface area contributed by atoms with Gasteiger partial charge in [-0.1, -0.05) is 48.3 Å². The predicted octanol–water partition coefficient (Wildman–Crippen LogP) is 4.04. The Balaban J connectivity index is 1.73. The summed E-state index contributed by atoms with van der Waals surface area (Å²) in [7, 11) is 1.64. The normalized spacial score (nSPS) is 15.9. The van der Waals surface area contributed by atoms with Gasteiger partial charge in [0.1, 0.15) is 0 Å². The standard InChI is InChI=1S/C23H21Cl2N5O2/c1-14-11-28(17-9-7-16(24)8-10-17)22-26-20-19(29(22)12-14)21(31)30(23(32)27(20)2)13-15-5-3-4-6-18(15)25/h3-10,14H,11-13H2,1-2H3. The predicted molar refractivity (Wildman–Crippen MR) is 127 cm³/mol. The molecule has 0 bridgehead atoms. The van der Waals surface area contributed by atoms with Crippen molar-refractivity contribution in [1.29, 1.82) is 0 Å². The summed E-state index contributed by atoms with van der Waals surface area (Å²) in [5, 5.41) is 1.16. The van der Waals surface area contributed by atoms with Gasteiger partial charge in [-0.2, -0.15) is 4.98 Å². The molecule has 1 unspecified atom stereocenters. The quantitative estimate of drug-likeness (QED) is 0.454. The molecule has 2 aromatic heterocycles. The minimum absolute atomic E-state index is 0.0953. The van der Waals surface area contributed by atoms with E-state index in [1.54, 1.807) is 13.1 Å². The summed E-state index contributed by atoms with van der Waals surface area (Å²) in [4.78, 5) is 33.4. The van der Waals surface area contributed by atoms with Gasteiger partial charge in [-0.15, -0.1) is 0 Å². The van der Waals surface area contributed by atoms with Crippen molar-refractivity contribution in [3.63, 3.8) is 0 Å². The molecular formula is C23H21Cl2N5O2. The number of aromatic nitrogens is 4. The summed E-state index contributed by atoms with van der Waals surface area (Å²) in [6.45, 7) is 3.60. The average molecular weight is 470 g/mol. The van der Waals surface area contributed by atoms with Gasteiger partial charge in [0.2, 0.25) is 5.95 Å². The molecule has 0 spiro atoms. The van der Waals surface area contributed by atoms with Gasteiger partial charge in [-0.25, -0.2) is 4.79 Å². The van der Waals surface area contributed by atoms with E-state index in [0.717, 1.165) is 12.2 Å². The van der Waals surface area contributed by atoms with Gasteiger partial charge >= 0.3 is 5.69 Å². The first-order chi connectivity index (χ1) is 15.3. The second-order valence-corrected chi connectivity index (χ2v) is 9.05. The molecule has 3 heterocycles. The lowest BCUT2D eigenvalue weighted by molar-refractivity contribution is 0.458. The second-order valence-electron chi connectivity index (χ2n) is 8.21. The summed E-state index contributed by atoms with van der Waals surface area (Å²) >= 11 is 12.4. The fraction of sp³-hybridized carbons (Fsp3) is 0.261. The SMILES string of the molecule is CC1CN(c2ccc(Cl)cc2)c2nc3c(c(=O)n(Cc4ccccc4Cl)c(=O)n3C)n2C1. The Kier molecular flexibility index (Phi) is 5.10. The molecule has 32 heavy (non-hydrogen) atoms. The summed E-state index contributed by atoms with van der Waals surface area (Å²) in [6.07, 6.45) is 0. The molecule has 164 valence electrons. The van der Waals surface area contributed by atoms with Crippen LogP contribution in [0.5, 0.6) is 0 Å². The molecule has 1 aliphatic heterocycles. The van der Waals surface area contributed by atoms with E-state index in [-0.39, 0.29) is 18.0 Å². The monoisotopic (exact) mass is 469 g/mol. The Morgan fingerprint density at radius 1 is 1.03 bits per heavy atom. The van der Waals surface area contributed by atoms with E-state index in [9.17, 15) is 9.59 Å². The highest BCUT2D eigenvalue weighted by molar-refractivity contribution is 6.31. The van der Waals surface area contributed by atoms with E-state index in [1.807, 2.05) is 47.0 Å². The number of hydrogen-bond donors (Lipinski definition) is 0. The molecule has 1 atom stereocenters. The second kappa shape index (κ2) is 7.83. The average Bonchev–Trinajstić information content (AvgIpc) is 3.16. The highest BCUT2D eigenvalue weighted by Crippen LogP contribution is 2.33. The zero-order chi connectivity index (χ0) is 22.6. The zero-order valence-electron chi connectivity index (χ0n) is 17.6. The van der Waals surface area contributed by atoms with Crippen LogP contribution in [0.1, 0.15) is 12.5 Å². The molecule has 0 radical (unpaired) electrons. The van der Waals surface area contributed by atoms with E-state index in [4.69, 9.17) is 28.2 Å². The lowest BCUT2D eigenvalue weighted by atomic mass is 10.1. The van der Waals surface area contributed by atoms with Crippen molar-refractivity contribution in [2.45, 2.75) is 20.0 Å². The van der Waals surface area contributed by atoms with Crippen LogP contribution in [0.15, 0.2) is 58.1 Å². The minimum Gasteiger partial charge on any atom is -0.312 e. The summed E-state index contributed by atoms with van der Waals surface area (Å²) in [6, 6.07) is 14.7. The van der Waals surface area contributed by atoms with Crippen LogP contribution in [-0.4, -0.2) is 25.2 Å².